The molecule has 18 heavy (non-hydrogen) atoms. The predicted octanol–water partition coefficient (Wildman–Crippen LogP) is 1.91. The molecule has 2 aliphatic rings. The van der Waals surface area contributed by atoms with Gasteiger partial charge < -0.3 is 10.1 Å². The number of hydrogen-bond donors (Lipinski definition) is 2. The maximum absolute atomic E-state index is 9.32. The second kappa shape index (κ2) is 3.84. The fourth-order valence-corrected chi connectivity index (χ4v) is 3.69. The molecule has 3 heterocycles. The zero-order valence-electron chi connectivity index (χ0n) is 10.4. The molecule has 0 saturated carbocycles. The third-order valence-electron chi connectivity index (χ3n) is 4.58. The fourth-order valence-electron chi connectivity index (χ4n) is 3.69. The molecule has 3 nitrogen and oxygen atoms in total. The molecule has 94 valence electrons. The van der Waals surface area contributed by atoms with E-state index >= 15 is 0 Å². The standard InChI is InChI=1S/C15H18N2O/c18-9-10-5-11-6-13-12-3-1-2-4-14(12)16-15(13)8-17(11)7-10/h1-4,10-11,16,18H,5-9H2/t10-,11+/m1/s1. The summed E-state index contributed by atoms with van der Waals surface area (Å²) in [6.45, 7) is 2.41. The normalized spacial score (nSPS) is 27.4. The molecule has 1 aromatic carbocycles. The number of hydrogen-bond acceptors (Lipinski definition) is 2. The van der Waals surface area contributed by atoms with Crippen LogP contribution in [0.1, 0.15) is 17.7 Å². The highest BCUT2D eigenvalue weighted by molar-refractivity contribution is 5.84. The summed E-state index contributed by atoms with van der Waals surface area (Å²) in [5.74, 6) is 0.477. The zero-order valence-corrected chi connectivity index (χ0v) is 10.4. The van der Waals surface area contributed by atoms with Gasteiger partial charge in [0.25, 0.3) is 0 Å². The minimum absolute atomic E-state index is 0.335. The van der Waals surface area contributed by atoms with Gasteiger partial charge in [-0.15, -0.1) is 0 Å². The molecule has 0 radical (unpaired) electrons. The molecule has 2 atom stereocenters. The smallest absolute Gasteiger partial charge is 0.0472 e. The summed E-state index contributed by atoms with van der Waals surface area (Å²) in [5.41, 5.74) is 4.15. The molecule has 3 heteroatoms. The van der Waals surface area contributed by atoms with E-state index in [9.17, 15) is 5.11 Å². The van der Waals surface area contributed by atoms with E-state index in [0.29, 0.717) is 18.6 Å². The number of nitrogens with one attached hydrogen (secondary N) is 1. The van der Waals surface area contributed by atoms with Gasteiger partial charge in [0, 0.05) is 42.3 Å². The van der Waals surface area contributed by atoms with Gasteiger partial charge in [0.2, 0.25) is 0 Å². The van der Waals surface area contributed by atoms with E-state index in [4.69, 9.17) is 0 Å². The summed E-state index contributed by atoms with van der Waals surface area (Å²) in [4.78, 5) is 6.08. The molecular formula is C15H18N2O. The molecule has 1 aromatic heterocycles. The van der Waals surface area contributed by atoms with Crippen molar-refractivity contribution in [2.24, 2.45) is 5.92 Å². The van der Waals surface area contributed by atoms with Gasteiger partial charge in [-0.25, -0.2) is 0 Å². The number of aliphatic hydroxyl groups excluding tert-OH is 1. The summed E-state index contributed by atoms with van der Waals surface area (Å²) in [6, 6.07) is 9.23. The van der Waals surface area contributed by atoms with E-state index in [0.717, 1.165) is 25.9 Å². The molecule has 1 fully saturated rings. The van der Waals surface area contributed by atoms with Crippen molar-refractivity contribution in [2.75, 3.05) is 13.2 Å². The minimum atomic E-state index is 0.335. The van der Waals surface area contributed by atoms with E-state index in [-0.39, 0.29) is 0 Å². The molecule has 1 saturated heterocycles. The molecule has 0 bridgehead atoms. The van der Waals surface area contributed by atoms with E-state index in [1.54, 1.807) is 0 Å². The number of aromatic amines is 1. The Morgan fingerprint density at radius 3 is 3.11 bits per heavy atom. The Morgan fingerprint density at radius 1 is 1.33 bits per heavy atom. The van der Waals surface area contributed by atoms with Crippen LogP contribution in [-0.2, 0) is 13.0 Å². The monoisotopic (exact) mass is 242 g/mol. The lowest BCUT2D eigenvalue weighted by atomic mass is 9.95. The number of benzene rings is 1. The molecule has 0 spiro atoms. The van der Waals surface area contributed by atoms with Crippen LogP contribution in [0.25, 0.3) is 10.9 Å². The fraction of sp³-hybridized carbons (Fsp3) is 0.467. The van der Waals surface area contributed by atoms with Crippen LogP contribution in [0.5, 0.6) is 0 Å². The van der Waals surface area contributed by atoms with Crippen molar-refractivity contribution < 1.29 is 5.11 Å². The van der Waals surface area contributed by atoms with Crippen molar-refractivity contribution in [3.8, 4) is 0 Å². The average molecular weight is 242 g/mol. The number of aromatic nitrogens is 1. The molecular weight excluding hydrogens is 224 g/mol. The van der Waals surface area contributed by atoms with E-state index in [1.165, 1.54) is 22.2 Å². The average Bonchev–Trinajstić information content (AvgIpc) is 2.95. The quantitative estimate of drug-likeness (QED) is 0.802. The molecule has 2 aliphatic heterocycles. The van der Waals surface area contributed by atoms with Crippen molar-refractivity contribution in [1.82, 2.24) is 9.88 Å². The lowest BCUT2D eigenvalue weighted by Gasteiger charge is -2.29. The van der Waals surface area contributed by atoms with Crippen LogP contribution >= 0.6 is 0 Å². The van der Waals surface area contributed by atoms with Crippen molar-refractivity contribution in [3.63, 3.8) is 0 Å². The lowest BCUT2D eigenvalue weighted by molar-refractivity contribution is 0.204. The highest BCUT2D eigenvalue weighted by atomic mass is 16.3. The first-order valence-electron chi connectivity index (χ1n) is 6.78. The van der Waals surface area contributed by atoms with Gasteiger partial charge >= 0.3 is 0 Å². The van der Waals surface area contributed by atoms with Crippen molar-refractivity contribution in [1.29, 1.82) is 0 Å². The Morgan fingerprint density at radius 2 is 2.22 bits per heavy atom. The Hall–Kier alpha value is -1.32. The van der Waals surface area contributed by atoms with Crippen LogP contribution in [0, 0.1) is 5.92 Å². The van der Waals surface area contributed by atoms with E-state index in [1.807, 2.05) is 0 Å². The molecule has 4 rings (SSSR count). The van der Waals surface area contributed by atoms with Crippen LogP contribution in [-0.4, -0.2) is 34.2 Å². The topological polar surface area (TPSA) is 39.3 Å². The van der Waals surface area contributed by atoms with Gasteiger partial charge in [0.05, 0.1) is 0 Å². The highest BCUT2D eigenvalue weighted by Gasteiger charge is 2.36. The first-order valence-corrected chi connectivity index (χ1v) is 6.78. The third kappa shape index (κ3) is 1.44. The molecule has 0 unspecified atom stereocenters. The number of fused-ring (bicyclic) bond motifs is 4. The van der Waals surface area contributed by atoms with E-state index in [2.05, 4.69) is 34.1 Å². The third-order valence-corrected chi connectivity index (χ3v) is 4.58. The summed E-state index contributed by atoms with van der Waals surface area (Å²) < 4.78 is 0. The summed E-state index contributed by atoms with van der Waals surface area (Å²) in [7, 11) is 0. The number of nitrogens with zero attached hydrogens (tertiary/aromatic N) is 1. The minimum Gasteiger partial charge on any atom is -0.396 e. The first kappa shape index (κ1) is 10.6. The van der Waals surface area contributed by atoms with Gasteiger partial charge in [-0.3, -0.25) is 4.90 Å². The van der Waals surface area contributed by atoms with Gasteiger partial charge in [0.1, 0.15) is 0 Å². The second-order valence-corrected chi connectivity index (χ2v) is 5.70. The SMILES string of the molecule is OC[C@@H]1C[C@H]2Cc3c([nH]c4ccccc34)CN2C1. The molecule has 2 aromatic rings. The lowest BCUT2D eigenvalue weighted by Crippen LogP contribution is -2.35. The number of H-pyrrole nitrogens is 1. The predicted molar refractivity (Wildman–Crippen MR) is 71.4 cm³/mol. The number of rotatable bonds is 1. The van der Waals surface area contributed by atoms with Crippen LogP contribution in [0.15, 0.2) is 24.3 Å². The summed E-state index contributed by atoms with van der Waals surface area (Å²) in [5, 5.41) is 10.7. The highest BCUT2D eigenvalue weighted by Crippen LogP contribution is 2.35. The Balaban J connectivity index is 1.74. The maximum atomic E-state index is 9.32. The molecule has 0 aliphatic carbocycles. The van der Waals surface area contributed by atoms with Gasteiger partial charge in [-0.2, -0.15) is 0 Å². The van der Waals surface area contributed by atoms with Gasteiger partial charge in [0.15, 0.2) is 0 Å². The van der Waals surface area contributed by atoms with Crippen LogP contribution in [0.4, 0.5) is 0 Å². The Kier molecular flexibility index (Phi) is 2.26. The zero-order chi connectivity index (χ0) is 12.1. The summed E-state index contributed by atoms with van der Waals surface area (Å²) in [6.07, 6.45) is 2.28. The Labute approximate surface area is 106 Å². The number of aliphatic hydroxyl groups is 1. The van der Waals surface area contributed by atoms with Crippen LogP contribution in [0.2, 0.25) is 0 Å². The summed E-state index contributed by atoms with van der Waals surface area (Å²) >= 11 is 0. The number of para-hydroxylation sites is 1. The van der Waals surface area contributed by atoms with Crippen molar-refractivity contribution in [2.45, 2.75) is 25.4 Å². The maximum Gasteiger partial charge on any atom is 0.0472 e. The first-order chi connectivity index (χ1) is 8.85. The Bertz CT molecular complexity index is 589. The van der Waals surface area contributed by atoms with Gasteiger partial charge in [-0.1, -0.05) is 18.2 Å². The van der Waals surface area contributed by atoms with Crippen LogP contribution < -0.4 is 0 Å². The van der Waals surface area contributed by atoms with Crippen LogP contribution in [0.3, 0.4) is 0 Å². The second-order valence-electron chi connectivity index (χ2n) is 5.70. The molecule has 2 N–H and O–H groups in total. The molecule has 0 amide bonds. The van der Waals surface area contributed by atoms with E-state index < -0.39 is 0 Å². The van der Waals surface area contributed by atoms with Gasteiger partial charge in [-0.05, 0) is 30.4 Å². The largest absolute Gasteiger partial charge is 0.396 e. The van der Waals surface area contributed by atoms with Crippen molar-refractivity contribution in [3.05, 3.63) is 35.5 Å². The van der Waals surface area contributed by atoms with Crippen molar-refractivity contribution >= 4 is 10.9 Å².